The Kier molecular flexibility index (Phi) is 6.87. The van der Waals surface area contributed by atoms with Gasteiger partial charge < -0.3 is 19.3 Å². The smallest absolute Gasteiger partial charge is 0.253 e. The van der Waals surface area contributed by atoms with Gasteiger partial charge in [0.1, 0.15) is 29.4 Å². The number of aromatic nitrogens is 2. The van der Waals surface area contributed by atoms with Crippen LogP contribution in [-0.4, -0.2) is 45.3 Å². The number of Topliss-reactive ketones (excluding diaryl/α,β-unsaturated/α-hetero) is 1. The van der Waals surface area contributed by atoms with Gasteiger partial charge in [0.15, 0.2) is 5.78 Å². The topological polar surface area (TPSA) is 84.7 Å². The van der Waals surface area contributed by atoms with Crippen LogP contribution in [0.3, 0.4) is 0 Å². The molecule has 0 atom stereocenters. The maximum atomic E-state index is 13.2. The Morgan fingerprint density at radius 2 is 1.71 bits per heavy atom. The van der Waals surface area contributed by atoms with E-state index in [1.165, 1.54) is 4.90 Å². The number of para-hydroxylation sites is 1. The molecule has 1 N–H and O–H groups in total. The van der Waals surface area contributed by atoms with Gasteiger partial charge in [0.25, 0.3) is 5.91 Å². The van der Waals surface area contributed by atoms with Crippen LogP contribution in [0.5, 0.6) is 11.5 Å². The number of amides is 1. The Morgan fingerprint density at radius 1 is 1.03 bits per heavy atom. The Labute approximate surface area is 204 Å². The van der Waals surface area contributed by atoms with Crippen LogP contribution < -0.4 is 4.74 Å². The van der Waals surface area contributed by atoms with Crippen LogP contribution in [0.1, 0.15) is 44.1 Å². The number of aromatic hydroxyl groups is 1. The zero-order chi connectivity index (χ0) is 25.1. The number of phenolic OH excluding ortho intramolecular Hbond substituents is 1. The molecule has 0 aliphatic heterocycles. The molecule has 0 radical (unpaired) electrons. The predicted molar refractivity (Wildman–Crippen MR) is 135 cm³/mol. The lowest BCUT2D eigenvalue weighted by atomic mass is 9.96. The highest BCUT2D eigenvalue weighted by atomic mass is 16.5. The van der Waals surface area contributed by atoms with Gasteiger partial charge >= 0.3 is 0 Å². The number of hydrogen-bond acceptors (Lipinski definition) is 5. The molecule has 4 aromatic rings. The third-order valence-corrected chi connectivity index (χ3v) is 6.14. The van der Waals surface area contributed by atoms with Crippen molar-refractivity contribution in [2.24, 2.45) is 7.05 Å². The molecule has 0 bridgehead atoms. The molecule has 35 heavy (non-hydrogen) atoms. The predicted octanol–water partition coefficient (Wildman–Crippen LogP) is 4.68. The molecule has 180 valence electrons. The van der Waals surface area contributed by atoms with Gasteiger partial charge in [0.2, 0.25) is 0 Å². The molecule has 1 aromatic heterocycles. The summed E-state index contributed by atoms with van der Waals surface area (Å²) in [6.45, 7) is 2.19. The summed E-state index contributed by atoms with van der Waals surface area (Å²) in [5.41, 5.74) is 3.35. The minimum Gasteiger partial charge on any atom is -0.505 e. The minimum absolute atomic E-state index is 0.0576. The van der Waals surface area contributed by atoms with Gasteiger partial charge in [-0.05, 0) is 37.1 Å². The molecule has 4 rings (SSSR count). The number of hydrogen-bond donors (Lipinski definition) is 1. The van der Waals surface area contributed by atoms with Crippen molar-refractivity contribution in [1.82, 2.24) is 14.5 Å². The second-order valence-electron chi connectivity index (χ2n) is 8.73. The normalized spacial score (nSPS) is 11.0. The van der Waals surface area contributed by atoms with Crippen LogP contribution in [-0.2, 0) is 20.1 Å². The Balaban J connectivity index is 1.61. The molecule has 0 aliphatic carbocycles. The van der Waals surface area contributed by atoms with Crippen molar-refractivity contribution in [1.29, 1.82) is 0 Å². The lowest BCUT2D eigenvalue weighted by Gasteiger charge is -2.16. The molecule has 0 spiro atoms. The highest BCUT2D eigenvalue weighted by Gasteiger charge is 2.23. The molecule has 1 amide bonds. The van der Waals surface area contributed by atoms with E-state index in [1.807, 2.05) is 54.9 Å². The Hall–Kier alpha value is -4.13. The fourth-order valence-corrected chi connectivity index (χ4v) is 4.08. The van der Waals surface area contributed by atoms with E-state index in [1.54, 1.807) is 38.4 Å². The molecule has 0 fully saturated rings. The molecule has 1 heterocycles. The van der Waals surface area contributed by atoms with Gasteiger partial charge in [-0.15, -0.1) is 0 Å². The largest absolute Gasteiger partial charge is 0.505 e. The SMILES string of the molecule is Cc1nc2c(O)c(CCC(=O)c3ccccc3OCc3ccccc3)c(C(=O)N(C)C)cc2n1C. The highest BCUT2D eigenvalue weighted by molar-refractivity contribution is 6.02. The summed E-state index contributed by atoms with van der Waals surface area (Å²) in [6, 6.07) is 18.6. The van der Waals surface area contributed by atoms with Gasteiger partial charge in [0, 0.05) is 38.7 Å². The molecule has 0 saturated carbocycles. The van der Waals surface area contributed by atoms with E-state index in [0.717, 1.165) is 11.4 Å². The minimum atomic E-state index is -0.241. The standard InChI is InChI=1S/C28H29N3O4/c1-18-29-26-23(31(18)4)16-22(28(34)30(2)3)20(27(26)33)14-15-24(32)21-12-8-9-13-25(21)35-17-19-10-6-5-7-11-19/h5-13,16,33H,14-15,17H2,1-4H3. The zero-order valence-electron chi connectivity index (χ0n) is 20.4. The van der Waals surface area contributed by atoms with Crippen LogP contribution in [0.15, 0.2) is 60.7 Å². The van der Waals surface area contributed by atoms with Crippen LogP contribution in [0, 0.1) is 6.92 Å². The Morgan fingerprint density at radius 3 is 2.43 bits per heavy atom. The first-order valence-electron chi connectivity index (χ1n) is 11.5. The van der Waals surface area contributed by atoms with Gasteiger partial charge in [-0.25, -0.2) is 4.98 Å². The quantitative estimate of drug-likeness (QED) is 0.377. The van der Waals surface area contributed by atoms with Crippen molar-refractivity contribution >= 4 is 22.7 Å². The summed E-state index contributed by atoms with van der Waals surface area (Å²) < 4.78 is 7.77. The average Bonchev–Trinajstić information content (AvgIpc) is 3.15. The van der Waals surface area contributed by atoms with Crippen molar-refractivity contribution in [2.45, 2.75) is 26.4 Å². The van der Waals surface area contributed by atoms with Gasteiger partial charge in [-0.1, -0.05) is 42.5 Å². The number of nitrogens with zero attached hydrogens (tertiary/aromatic N) is 3. The van der Waals surface area contributed by atoms with E-state index in [0.29, 0.717) is 40.1 Å². The van der Waals surface area contributed by atoms with Crippen molar-refractivity contribution in [3.05, 3.63) is 88.7 Å². The fraction of sp³-hybridized carbons (Fsp3) is 0.250. The van der Waals surface area contributed by atoms with E-state index in [9.17, 15) is 14.7 Å². The monoisotopic (exact) mass is 471 g/mol. The number of carbonyl (C=O) groups excluding carboxylic acids is 2. The third kappa shape index (κ3) is 4.89. The number of rotatable bonds is 8. The number of carbonyl (C=O) groups is 2. The molecule has 0 aliphatic rings. The summed E-state index contributed by atoms with van der Waals surface area (Å²) in [5.74, 6) is 0.795. The number of benzene rings is 3. The van der Waals surface area contributed by atoms with Gasteiger partial charge in [-0.2, -0.15) is 0 Å². The summed E-state index contributed by atoms with van der Waals surface area (Å²) in [6.07, 6.45) is 0.294. The van der Waals surface area contributed by atoms with Crippen molar-refractivity contribution in [3.8, 4) is 11.5 Å². The fourth-order valence-electron chi connectivity index (χ4n) is 4.08. The van der Waals surface area contributed by atoms with Crippen LogP contribution in [0.2, 0.25) is 0 Å². The van der Waals surface area contributed by atoms with Crippen LogP contribution in [0.4, 0.5) is 0 Å². The third-order valence-electron chi connectivity index (χ3n) is 6.14. The number of phenols is 1. The lowest BCUT2D eigenvalue weighted by molar-refractivity contribution is 0.0825. The number of aryl methyl sites for hydroxylation is 2. The molecule has 7 nitrogen and oxygen atoms in total. The van der Waals surface area contributed by atoms with E-state index < -0.39 is 0 Å². The number of fused-ring (bicyclic) bond motifs is 1. The summed E-state index contributed by atoms with van der Waals surface area (Å²) in [5, 5.41) is 11.1. The molecule has 0 saturated heterocycles. The molecular weight excluding hydrogens is 442 g/mol. The van der Waals surface area contributed by atoms with Gasteiger partial charge in [-0.3, -0.25) is 9.59 Å². The lowest BCUT2D eigenvalue weighted by Crippen LogP contribution is -2.23. The maximum Gasteiger partial charge on any atom is 0.253 e. The summed E-state index contributed by atoms with van der Waals surface area (Å²) >= 11 is 0. The number of ketones is 1. The number of imidazole rings is 1. The second-order valence-corrected chi connectivity index (χ2v) is 8.73. The van der Waals surface area contributed by atoms with E-state index in [4.69, 9.17) is 4.74 Å². The zero-order valence-corrected chi connectivity index (χ0v) is 20.4. The van der Waals surface area contributed by atoms with E-state index >= 15 is 0 Å². The second kappa shape index (κ2) is 10.0. The van der Waals surface area contributed by atoms with Crippen molar-refractivity contribution < 1.29 is 19.4 Å². The molecule has 0 unspecified atom stereocenters. The van der Waals surface area contributed by atoms with Gasteiger partial charge in [0.05, 0.1) is 11.1 Å². The van der Waals surface area contributed by atoms with E-state index in [-0.39, 0.29) is 30.3 Å². The summed E-state index contributed by atoms with van der Waals surface area (Å²) in [7, 11) is 5.16. The van der Waals surface area contributed by atoms with Crippen molar-refractivity contribution in [3.63, 3.8) is 0 Å². The van der Waals surface area contributed by atoms with Crippen LogP contribution in [0.25, 0.3) is 11.0 Å². The molecule has 7 heteroatoms. The van der Waals surface area contributed by atoms with Crippen LogP contribution >= 0.6 is 0 Å². The number of ether oxygens (including phenoxy) is 1. The van der Waals surface area contributed by atoms with E-state index in [2.05, 4.69) is 4.98 Å². The average molecular weight is 472 g/mol. The first kappa shape index (κ1) is 24.0. The summed E-state index contributed by atoms with van der Waals surface area (Å²) in [4.78, 5) is 32.1. The first-order chi connectivity index (χ1) is 16.8. The maximum absolute atomic E-state index is 13.2. The highest BCUT2D eigenvalue weighted by Crippen LogP contribution is 2.34. The Bertz CT molecular complexity index is 1390. The first-order valence-corrected chi connectivity index (χ1v) is 11.5. The molecule has 3 aromatic carbocycles. The van der Waals surface area contributed by atoms with Crippen molar-refractivity contribution in [2.75, 3.05) is 14.1 Å². The molecular formula is C28H29N3O4.